The Balaban J connectivity index is 1.93. The average molecular weight is 321 g/mol. The second kappa shape index (κ2) is 5.73. The number of hydrogen-bond acceptors (Lipinski definition) is 3. The number of benzene rings is 1. The predicted octanol–water partition coefficient (Wildman–Crippen LogP) is 4.47. The van der Waals surface area contributed by atoms with Gasteiger partial charge in [-0.25, -0.2) is 0 Å². The highest BCUT2D eigenvalue weighted by Crippen LogP contribution is 2.46. The summed E-state index contributed by atoms with van der Waals surface area (Å²) in [6, 6.07) is 8.42. The van der Waals surface area contributed by atoms with Crippen molar-refractivity contribution in [2.45, 2.75) is 52.4 Å². The van der Waals surface area contributed by atoms with Gasteiger partial charge in [0, 0.05) is 47.0 Å². The highest BCUT2D eigenvalue weighted by Gasteiger charge is 2.40. The monoisotopic (exact) mass is 321 g/mol. The van der Waals surface area contributed by atoms with E-state index in [1.165, 1.54) is 5.56 Å². The van der Waals surface area contributed by atoms with E-state index in [4.69, 9.17) is 0 Å². The van der Waals surface area contributed by atoms with Crippen LogP contribution < -0.4 is 4.90 Å². The average Bonchev–Trinajstić information content (AvgIpc) is 2.56. The Morgan fingerprint density at radius 1 is 0.833 bits per heavy atom. The maximum absolute atomic E-state index is 12.6. The maximum atomic E-state index is 12.6. The summed E-state index contributed by atoms with van der Waals surface area (Å²) in [6.07, 6.45) is 4.88. The Morgan fingerprint density at radius 3 is 1.83 bits per heavy atom. The molecule has 0 saturated carbocycles. The summed E-state index contributed by atoms with van der Waals surface area (Å²) in [6.45, 7) is 4.12. The number of anilines is 1. The number of Topliss-reactive ketones (excluding diaryl/α,β-unsaturated/α-hetero) is 2. The van der Waals surface area contributed by atoms with Crippen molar-refractivity contribution in [1.82, 2.24) is 0 Å². The van der Waals surface area contributed by atoms with E-state index < -0.39 is 0 Å². The van der Waals surface area contributed by atoms with Gasteiger partial charge in [0.15, 0.2) is 11.6 Å². The van der Waals surface area contributed by atoms with E-state index in [9.17, 15) is 9.59 Å². The lowest BCUT2D eigenvalue weighted by molar-refractivity contribution is -0.117. The van der Waals surface area contributed by atoms with E-state index in [0.29, 0.717) is 12.8 Å². The van der Waals surface area contributed by atoms with Gasteiger partial charge in [-0.15, -0.1) is 0 Å². The first-order chi connectivity index (χ1) is 11.6. The molecule has 124 valence electrons. The molecule has 0 radical (unpaired) electrons. The molecule has 1 aliphatic heterocycles. The van der Waals surface area contributed by atoms with Crippen molar-refractivity contribution in [1.29, 1.82) is 0 Å². The Kier molecular flexibility index (Phi) is 3.67. The normalized spacial score (nSPS) is 22.0. The zero-order valence-corrected chi connectivity index (χ0v) is 14.4. The quantitative estimate of drug-likeness (QED) is 0.766. The van der Waals surface area contributed by atoms with Crippen LogP contribution >= 0.6 is 0 Å². The minimum absolute atomic E-state index is 0.0442. The Morgan fingerprint density at radius 2 is 1.33 bits per heavy atom. The van der Waals surface area contributed by atoms with Gasteiger partial charge in [0.05, 0.1) is 0 Å². The Labute approximate surface area is 143 Å². The molecule has 1 aromatic rings. The smallest absolute Gasteiger partial charge is 0.161 e. The van der Waals surface area contributed by atoms with Crippen molar-refractivity contribution in [2.75, 3.05) is 4.90 Å². The third kappa shape index (κ3) is 2.26. The molecule has 0 unspecified atom stereocenters. The van der Waals surface area contributed by atoms with Crippen LogP contribution in [0.15, 0.2) is 46.8 Å². The van der Waals surface area contributed by atoms with Crippen molar-refractivity contribution in [3.8, 4) is 0 Å². The zero-order valence-electron chi connectivity index (χ0n) is 14.4. The fourth-order valence-corrected chi connectivity index (χ4v) is 4.45. The van der Waals surface area contributed by atoms with Crippen molar-refractivity contribution >= 4 is 17.3 Å². The lowest BCUT2D eigenvalue weighted by Gasteiger charge is -2.43. The fraction of sp³-hybridized carbons (Fsp3) is 0.429. The number of carbonyl (C=O) groups is 2. The summed E-state index contributed by atoms with van der Waals surface area (Å²) in [5.41, 5.74) is 6.34. The van der Waals surface area contributed by atoms with E-state index in [2.05, 4.69) is 36.1 Å². The first kappa shape index (κ1) is 15.4. The number of allylic oxidation sites excluding steroid dienone is 4. The molecule has 0 fully saturated rings. The van der Waals surface area contributed by atoms with Gasteiger partial charge in [0.25, 0.3) is 0 Å². The Hall–Kier alpha value is -2.16. The second-order valence-corrected chi connectivity index (χ2v) is 7.17. The second-order valence-electron chi connectivity index (χ2n) is 7.17. The van der Waals surface area contributed by atoms with Crippen LogP contribution in [0.5, 0.6) is 0 Å². The van der Waals surface area contributed by atoms with E-state index in [1.807, 2.05) is 6.92 Å². The van der Waals surface area contributed by atoms with Crippen LogP contribution in [0.3, 0.4) is 0 Å². The lowest BCUT2D eigenvalue weighted by atomic mass is 9.74. The van der Waals surface area contributed by atoms with E-state index >= 15 is 0 Å². The highest BCUT2D eigenvalue weighted by atomic mass is 16.1. The van der Waals surface area contributed by atoms with Gasteiger partial charge < -0.3 is 4.90 Å². The van der Waals surface area contributed by atoms with Gasteiger partial charge in [-0.05, 0) is 44.7 Å². The standard InChI is InChI=1S/C21H23NO2/c1-13-9-11-15(12-10-13)22-16-5-3-7-18(23)20(16)14(2)21-17(22)6-4-8-19(21)24/h9-12,14H,3-8H2,1-2H3. The van der Waals surface area contributed by atoms with E-state index in [-0.39, 0.29) is 17.5 Å². The molecular formula is C21H23NO2. The minimum atomic E-state index is -0.0442. The van der Waals surface area contributed by atoms with Crippen LogP contribution in [0, 0.1) is 12.8 Å². The topological polar surface area (TPSA) is 37.4 Å². The molecule has 0 amide bonds. The fourth-order valence-electron chi connectivity index (χ4n) is 4.45. The number of nitrogens with zero attached hydrogens (tertiary/aromatic N) is 1. The van der Waals surface area contributed by atoms with Crippen molar-refractivity contribution < 1.29 is 9.59 Å². The van der Waals surface area contributed by atoms with Gasteiger partial charge in [-0.3, -0.25) is 9.59 Å². The van der Waals surface area contributed by atoms with Crippen LogP contribution in [0.25, 0.3) is 0 Å². The molecule has 0 atom stereocenters. The number of ketones is 2. The zero-order chi connectivity index (χ0) is 16.8. The van der Waals surface area contributed by atoms with Gasteiger partial charge in [0.2, 0.25) is 0 Å². The Bertz CT molecular complexity index is 739. The van der Waals surface area contributed by atoms with Gasteiger partial charge in [-0.2, -0.15) is 0 Å². The molecule has 3 nitrogen and oxygen atoms in total. The summed E-state index contributed by atoms with van der Waals surface area (Å²) in [4.78, 5) is 27.5. The van der Waals surface area contributed by atoms with Crippen molar-refractivity contribution in [2.24, 2.45) is 5.92 Å². The summed E-state index contributed by atoms with van der Waals surface area (Å²) in [5, 5.41) is 0. The molecule has 0 bridgehead atoms. The van der Waals surface area contributed by atoms with Gasteiger partial charge >= 0.3 is 0 Å². The molecule has 0 spiro atoms. The molecule has 24 heavy (non-hydrogen) atoms. The minimum Gasteiger partial charge on any atom is -0.317 e. The molecule has 3 aliphatic rings. The van der Waals surface area contributed by atoms with Gasteiger partial charge in [0.1, 0.15) is 0 Å². The lowest BCUT2D eigenvalue weighted by Crippen LogP contribution is -2.39. The number of carbonyl (C=O) groups excluding carboxylic acids is 2. The summed E-state index contributed by atoms with van der Waals surface area (Å²) >= 11 is 0. The highest BCUT2D eigenvalue weighted by molar-refractivity contribution is 6.06. The third-order valence-electron chi connectivity index (χ3n) is 5.56. The van der Waals surface area contributed by atoms with Gasteiger partial charge in [-0.1, -0.05) is 24.6 Å². The molecule has 0 N–H and O–H groups in total. The molecule has 1 heterocycles. The molecule has 0 saturated heterocycles. The molecule has 3 heteroatoms. The maximum Gasteiger partial charge on any atom is 0.161 e. The SMILES string of the molecule is Cc1ccc(N2C3=C(C(=O)CCC3)C(C)C3=C2CCCC3=O)cc1. The number of aryl methyl sites for hydroxylation is 1. The van der Waals surface area contributed by atoms with Crippen LogP contribution in [-0.2, 0) is 9.59 Å². The molecule has 4 rings (SSSR count). The predicted molar refractivity (Wildman–Crippen MR) is 94.6 cm³/mol. The molecule has 1 aromatic carbocycles. The number of hydrogen-bond donors (Lipinski definition) is 0. The summed E-state index contributed by atoms with van der Waals surface area (Å²) in [7, 11) is 0. The summed E-state index contributed by atoms with van der Waals surface area (Å²) in [5.74, 6) is 0.411. The molecule has 0 aromatic heterocycles. The number of rotatable bonds is 1. The van der Waals surface area contributed by atoms with Crippen LogP contribution in [0.1, 0.15) is 51.0 Å². The molecule has 2 aliphatic carbocycles. The summed E-state index contributed by atoms with van der Waals surface area (Å²) < 4.78 is 0. The largest absolute Gasteiger partial charge is 0.317 e. The first-order valence-corrected chi connectivity index (χ1v) is 8.97. The van der Waals surface area contributed by atoms with Crippen molar-refractivity contribution in [3.63, 3.8) is 0 Å². The van der Waals surface area contributed by atoms with Crippen LogP contribution in [0.4, 0.5) is 5.69 Å². The van der Waals surface area contributed by atoms with E-state index in [1.54, 1.807) is 0 Å². The molecular weight excluding hydrogens is 298 g/mol. The first-order valence-electron chi connectivity index (χ1n) is 8.97. The van der Waals surface area contributed by atoms with Crippen LogP contribution in [0.2, 0.25) is 0 Å². The van der Waals surface area contributed by atoms with Crippen LogP contribution in [-0.4, -0.2) is 11.6 Å². The van der Waals surface area contributed by atoms with Crippen molar-refractivity contribution in [3.05, 3.63) is 52.4 Å². The van der Waals surface area contributed by atoms with E-state index in [0.717, 1.165) is 53.9 Å². The third-order valence-corrected chi connectivity index (χ3v) is 5.56.